The van der Waals surface area contributed by atoms with Gasteiger partial charge in [-0.15, -0.1) is 0 Å². The number of fused-ring (bicyclic) bond motifs is 14. The van der Waals surface area contributed by atoms with Crippen molar-refractivity contribution < 1.29 is 4.42 Å². The lowest BCUT2D eigenvalue weighted by atomic mass is 10.1. The van der Waals surface area contributed by atoms with Gasteiger partial charge in [-0.2, -0.15) is 10.5 Å². The molecule has 0 fully saturated rings. The number of rotatable bonds is 9. The SMILES string of the molecule is N#Cc1cc(-n2c3ccc(N(c4ccccc4)c4ccccc4)cc3c3ccc4c5ccccc5n(-c5ccccc5)c4c32)c(C#N)cc1-n1c2ccc(N(c3ccccc3)c3ccccc3)cc2c2c3oc4ccccc4c3ccc21. The fourth-order valence-electron chi connectivity index (χ4n) is 12.8. The van der Waals surface area contributed by atoms with Gasteiger partial charge in [0.2, 0.25) is 0 Å². The average Bonchev–Trinajstić information content (AvgIpc) is 2.27. The van der Waals surface area contributed by atoms with Crippen LogP contribution in [0.1, 0.15) is 11.1 Å². The summed E-state index contributed by atoms with van der Waals surface area (Å²) in [6.45, 7) is 0. The second-order valence-corrected chi connectivity index (χ2v) is 20.7. The van der Waals surface area contributed by atoms with Gasteiger partial charge in [-0.25, -0.2) is 0 Å². The van der Waals surface area contributed by atoms with Crippen LogP contribution in [0.5, 0.6) is 0 Å². The molecule has 0 aliphatic rings. The lowest BCUT2D eigenvalue weighted by Gasteiger charge is -2.25. The Bertz CT molecular complexity index is 5220. The zero-order valence-electron chi connectivity index (χ0n) is 44.0. The minimum Gasteiger partial charge on any atom is -0.455 e. The van der Waals surface area contributed by atoms with Gasteiger partial charge in [0.25, 0.3) is 0 Å². The standard InChI is InChI=1S/C74H45N7O/c75-46-48-43-69(49(47-76)42-68(48)80-66-40-35-56(78(52-24-10-3-11-25-52)53-26-12-4-13-27-53)45-63(66)71-67(80)41-38-61-58-31-17-19-33-70(58)82-74(61)71)81-65-39-34-55(77(50-20-6-1-7-21-50)51-22-8-2-9-23-51)44-62(65)60-37-36-59-57-30-16-18-32-64(57)79(72(59)73(60)81)54-28-14-5-15-29-54/h1-45H. The van der Waals surface area contributed by atoms with Crippen LogP contribution in [-0.4, -0.2) is 13.7 Å². The Balaban J connectivity index is 0.991. The number of furan rings is 1. The van der Waals surface area contributed by atoms with E-state index in [4.69, 9.17) is 4.42 Å². The molecule has 8 nitrogen and oxygen atoms in total. The molecule has 0 amide bonds. The highest BCUT2D eigenvalue weighted by molar-refractivity contribution is 6.26. The molecule has 4 aromatic heterocycles. The van der Waals surface area contributed by atoms with Gasteiger partial charge in [0.1, 0.15) is 23.3 Å². The van der Waals surface area contributed by atoms with E-state index in [2.05, 4.69) is 248 Å². The summed E-state index contributed by atoms with van der Waals surface area (Å²) in [6.07, 6.45) is 0. The second-order valence-electron chi connectivity index (χ2n) is 20.7. The normalized spacial score (nSPS) is 11.6. The van der Waals surface area contributed by atoms with E-state index in [1.54, 1.807) is 0 Å². The fourth-order valence-corrected chi connectivity index (χ4v) is 12.8. The number of aromatic nitrogens is 3. The molecule has 0 atom stereocenters. The number of hydrogen-bond acceptors (Lipinski definition) is 5. The van der Waals surface area contributed by atoms with Gasteiger partial charge >= 0.3 is 0 Å². The van der Waals surface area contributed by atoms with E-state index in [0.717, 1.165) is 127 Å². The summed E-state index contributed by atoms with van der Waals surface area (Å²) >= 11 is 0. The Morgan fingerprint density at radius 3 is 1.30 bits per heavy atom. The summed E-state index contributed by atoms with van der Waals surface area (Å²) in [5, 5.41) is 31.5. The van der Waals surface area contributed by atoms with Crippen LogP contribution in [0.4, 0.5) is 34.1 Å². The molecule has 0 N–H and O–H groups in total. The summed E-state index contributed by atoms with van der Waals surface area (Å²) in [4.78, 5) is 4.54. The maximum absolute atomic E-state index is 11.8. The third kappa shape index (κ3) is 7.02. The molecule has 0 spiro atoms. The van der Waals surface area contributed by atoms with Crippen molar-refractivity contribution in [2.24, 2.45) is 0 Å². The van der Waals surface area contributed by atoms with Gasteiger partial charge in [-0.05, 0) is 133 Å². The molecule has 16 rings (SSSR count). The summed E-state index contributed by atoms with van der Waals surface area (Å²) < 4.78 is 13.6. The van der Waals surface area contributed by atoms with Crippen molar-refractivity contribution in [2.75, 3.05) is 9.80 Å². The van der Waals surface area contributed by atoms with Gasteiger partial charge < -0.3 is 27.9 Å². The summed E-state index contributed by atoms with van der Waals surface area (Å²) in [5.74, 6) is 0. The molecule has 0 unspecified atom stereocenters. The monoisotopic (exact) mass is 1050 g/mol. The smallest absolute Gasteiger partial charge is 0.145 e. The molecule has 0 saturated carbocycles. The van der Waals surface area contributed by atoms with E-state index >= 15 is 0 Å². The van der Waals surface area contributed by atoms with Gasteiger partial charge in [-0.3, -0.25) is 0 Å². The first-order valence-corrected chi connectivity index (χ1v) is 27.4. The number of benzene rings is 12. The highest BCUT2D eigenvalue weighted by Crippen LogP contribution is 2.48. The molecule has 0 radical (unpaired) electrons. The van der Waals surface area contributed by atoms with E-state index in [9.17, 15) is 10.5 Å². The van der Waals surface area contributed by atoms with Crippen LogP contribution in [0, 0.1) is 22.7 Å². The third-order valence-electron chi connectivity index (χ3n) is 16.2. The molecule has 12 aromatic carbocycles. The molecule has 8 heteroatoms. The number of nitriles is 2. The molecular weight excluding hydrogens is 1000 g/mol. The minimum absolute atomic E-state index is 0.401. The highest BCUT2D eigenvalue weighted by atomic mass is 16.3. The quantitative estimate of drug-likeness (QED) is 0.144. The summed E-state index contributed by atoms with van der Waals surface area (Å²) in [6, 6.07) is 99.8. The van der Waals surface area contributed by atoms with Crippen LogP contribution < -0.4 is 9.80 Å². The molecule has 0 aliphatic heterocycles. The van der Waals surface area contributed by atoms with Crippen molar-refractivity contribution in [3.63, 3.8) is 0 Å². The molecule has 82 heavy (non-hydrogen) atoms. The molecule has 0 saturated heterocycles. The van der Waals surface area contributed by atoms with Crippen molar-refractivity contribution in [1.82, 2.24) is 13.7 Å². The minimum atomic E-state index is 0.401. The van der Waals surface area contributed by atoms with Gasteiger partial charge in [0, 0.05) is 77.5 Å². The van der Waals surface area contributed by atoms with Crippen molar-refractivity contribution in [3.8, 4) is 29.2 Å². The molecule has 4 heterocycles. The third-order valence-corrected chi connectivity index (χ3v) is 16.2. The van der Waals surface area contributed by atoms with Gasteiger partial charge in [0.15, 0.2) is 0 Å². The Kier molecular flexibility index (Phi) is 10.5. The maximum Gasteiger partial charge on any atom is 0.145 e. The largest absolute Gasteiger partial charge is 0.455 e. The lowest BCUT2D eigenvalue weighted by Crippen LogP contribution is -2.09. The first kappa shape index (κ1) is 46.5. The molecular formula is C74H45N7O. The number of anilines is 6. The predicted molar refractivity (Wildman–Crippen MR) is 336 cm³/mol. The fraction of sp³-hybridized carbons (Fsp3) is 0. The van der Waals surface area contributed by atoms with E-state index in [1.807, 2.05) is 60.7 Å². The molecule has 16 aromatic rings. The Morgan fingerprint density at radius 2 is 0.732 bits per heavy atom. The summed E-state index contributed by atoms with van der Waals surface area (Å²) in [7, 11) is 0. The van der Waals surface area contributed by atoms with Crippen molar-refractivity contribution in [3.05, 3.63) is 284 Å². The Labute approximate surface area is 470 Å². The van der Waals surface area contributed by atoms with Crippen LogP contribution in [0.2, 0.25) is 0 Å². The van der Waals surface area contributed by atoms with E-state index in [0.29, 0.717) is 22.5 Å². The predicted octanol–water partition coefficient (Wildman–Crippen LogP) is 19.6. The van der Waals surface area contributed by atoms with Crippen molar-refractivity contribution in [2.45, 2.75) is 0 Å². The summed E-state index contributed by atoms with van der Waals surface area (Å²) in [5.41, 5.74) is 16.1. The Morgan fingerprint density at radius 1 is 0.305 bits per heavy atom. The number of hydrogen-bond donors (Lipinski definition) is 0. The van der Waals surface area contributed by atoms with Crippen molar-refractivity contribution in [1.29, 1.82) is 10.5 Å². The average molecular weight is 1050 g/mol. The topological polar surface area (TPSA) is 82.0 Å². The van der Waals surface area contributed by atoms with Gasteiger partial charge in [-0.1, -0.05) is 140 Å². The molecule has 0 bridgehead atoms. The zero-order chi connectivity index (χ0) is 54.4. The molecule has 382 valence electrons. The van der Waals surface area contributed by atoms with Gasteiger partial charge in [0.05, 0.1) is 61.0 Å². The van der Waals surface area contributed by atoms with Crippen LogP contribution in [0.3, 0.4) is 0 Å². The van der Waals surface area contributed by atoms with E-state index in [1.165, 1.54) is 0 Å². The van der Waals surface area contributed by atoms with Crippen LogP contribution >= 0.6 is 0 Å². The van der Waals surface area contributed by atoms with E-state index < -0.39 is 0 Å². The first-order chi connectivity index (χ1) is 40.6. The van der Waals surface area contributed by atoms with Crippen LogP contribution in [0.15, 0.2) is 277 Å². The zero-order valence-corrected chi connectivity index (χ0v) is 44.0. The Hall–Kier alpha value is -11.6. The van der Waals surface area contributed by atoms with E-state index in [-0.39, 0.29) is 0 Å². The highest BCUT2D eigenvalue weighted by Gasteiger charge is 2.27. The van der Waals surface area contributed by atoms with Crippen LogP contribution in [0.25, 0.3) is 104 Å². The number of nitrogens with zero attached hydrogens (tertiary/aromatic N) is 7. The molecule has 0 aliphatic carbocycles. The first-order valence-electron chi connectivity index (χ1n) is 27.4. The maximum atomic E-state index is 11.8. The lowest BCUT2D eigenvalue weighted by molar-refractivity contribution is 0.673. The van der Waals surface area contributed by atoms with Crippen molar-refractivity contribution >= 4 is 121 Å². The van der Waals surface area contributed by atoms with Crippen LogP contribution in [-0.2, 0) is 0 Å². The number of para-hydroxylation sites is 7. The second kappa shape index (κ2) is 18.5.